The summed E-state index contributed by atoms with van der Waals surface area (Å²) in [7, 11) is 0. The van der Waals surface area contributed by atoms with Crippen molar-refractivity contribution in [2.45, 2.75) is 39.8 Å². The molecule has 2 amide bonds. The number of nitrogens with one attached hydrogen (secondary N) is 1. The van der Waals surface area contributed by atoms with Crippen molar-refractivity contribution in [2.24, 2.45) is 0 Å². The number of halogens is 2. The fourth-order valence-electron chi connectivity index (χ4n) is 2.72. The van der Waals surface area contributed by atoms with Crippen LogP contribution in [0.3, 0.4) is 0 Å². The number of benzene rings is 2. The fraction of sp³-hybridized carbons (Fsp3) is 0.333. The summed E-state index contributed by atoms with van der Waals surface area (Å²) >= 11 is 12.2. The van der Waals surface area contributed by atoms with E-state index in [1.165, 1.54) is 0 Å². The third-order valence-electron chi connectivity index (χ3n) is 4.35. The van der Waals surface area contributed by atoms with Crippen LogP contribution in [0.15, 0.2) is 42.5 Å². The van der Waals surface area contributed by atoms with Crippen LogP contribution in [0.5, 0.6) is 0 Å². The molecular weight excluding hydrogens is 383 g/mol. The van der Waals surface area contributed by atoms with Crippen LogP contribution < -0.4 is 5.32 Å². The average Bonchev–Trinajstić information content (AvgIpc) is 2.62. The van der Waals surface area contributed by atoms with Gasteiger partial charge in [-0.2, -0.15) is 0 Å². The highest BCUT2D eigenvalue weighted by Gasteiger charge is 2.26. The summed E-state index contributed by atoms with van der Waals surface area (Å²) < 4.78 is 0. The highest BCUT2D eigenvalue weighted by molar-refractivity contribution is 6.35. The molecule has 0 aliphatic rings. The van der Waals surface area contributed by atoms with Gasteiger partial charge in [-0.25, -0.2) is 0 Å². The van der Waals surface area contributed by atoms with E-state index in [2.05, 4.69) is 5.32 Å². The fourth-order valence-corrected chi connectivity index (χ4v) is 3.19. The summed E-state index contributed by atoms with van der Waals surface area (Å²) in [6.07, 6.45) is 0.217. The van der Waals surface area contributed by atoms with Gasteiger partial charge in [0.25, 0.3) is 0 Å². The first kappa shape index (κ1) is 21.3. The molecule has 2 aromatic carbocycles. The Morgan fingerprint density at radius 1 is 1.11 bits per heavy atom. The molecule has 2 rings (SSSR count). The maximum Gasteiger partial charge on any atom is 0.242 e. The molecule has 144 valence electrons. The summed E-state index contributed by atoms with van der Waals surface area (Å²) in [6, 6.07) is 12.3. The van der Waals surface area contributed by atoms with Crippen molar-refractivity contribution < 1.29 is 9.59 Å². The number of hydrogen-bond acceptors (Lipinski definition) is 2. The average molecular weight is 407 g/mol. The van der Waals surface area contributed by atoms with E-state index < -0.39 is 6.04 Å². The van der Waals surface area contributed by atoms with Gasteiger partial charge in [0.05, 0.1) is 6.42 Å². The maximum atomic E-state index is 13.0. The molecular formula is C21H24Cl2N2O2. The summed E-state index contributed by atoms with van der Waals surface area (Å²) in [6.45, 7) is 6.31. The van der Waals surface area contributed by atoms with Crippen molar-refractivity contribution in [1.82, 2.24) is 10.2 Å². The van der Waals surface area contributed by atoms with Crippen LogP contribution in [0, 0.1) is 6.92 Å². The van der Waals surface area contributed by atoms with Crippen LogP contribution in [0.2, 0.25) is 10.0 Å². The van der Waals surface area contributed by atoms with Crippen LogP contribution in [-0.4, -0.2) is 29.3 Å². The molecule has 4 nitrogen and oxygen atoms in total. The van der Waals surface area contributed by atoms with Gasteiger partial charge >= 0.3 is 0 Å². The molecule has 0 aromatic heterocycles. The van der Waals surface area contributed by atoms with E-state index in [1.54, 1.807) is 30.0 Å². The standard InChI is InChI=1S/C21H24Cl2N2O2/c1-4-24-21(27)15(3)25(13-17-9-10-18(22)12-19(17)23)20(26)11-16-7-5-14(2)6-8-16/h5-10,12,15H,4,11,13H2,1-3H3,(H,24,27)/t15-/m0/s1. The van der Waals surface area contributed by atoms with Gasteiger partial charge in [-0.3, -0.25) is 9.59 Å². The van der Waals surface area contributed by atoms with Crippen LogP contribution >= 0.6 is 23.2 Å². The predicted octanol–water partition coefficient (Wildman–Crippen LogP) is 4.40. The lowest BCUT2D eigenvalue weighted by atomic mass is 10.1. The Balaban J connectivity index is 2.26. The highest BCUT2D eigenvalue weighted by atomic mass is 35.5. The van der Waals surface area contributed by atoms with Crippen LogP contribution in [0.25, 0.3) is 0 Å². The minimum atomic E-state index is -0.616. The molecule has 1 N–H and O–H groups in total. The second-order valence-corrected chi connectivity index (χ2v) is 7.33. The third kappa shape index (κ3) is 5.98. The van der Waals surface area contributed by atoms with Crippen molar-refractivity contribution >= 4 is 35.0 Å². The number of likely N-dealkylation sites (N-methyl/N-ethyl adjacent to an activating group) is 1. The first-order chi connectivity index (χ1) is 12.8. The molecule has 0 aliphatic carbocycles. The first-order valence-corrected chi connectivity index (χ1v) is 9.64. The largest absolute Gasteiger partial charge is 0.355 e. The van der Waals surface area contributed by atoms with Crippen LogP contribution in [-0.2, 0) is 22.6 Å². The number of amides is 2. The molecule has 0 radical (unpaired) electrons. The molecule has 1 atom stereocenters. The zero-order chi connectivity index (χ0) is 20.0. The Labute approximate surface area is 170 Å². The van der Waals surface area contributed by atoms with E-state index in [9.17, 15) is 9.59 Å². The lowest BCUT2D eigenvalue weighted by Crippen LogP contribution is -2.48. The number of carbonyl (C=O) groups is 2. The molecule has 27 heavy (non-hydrogen) atoms. The summed E-state index contributed by atoms with van der Waals surface area (Å²) in [5.74, 6) is -0.330. The van der Waals surface area contributed by atoms with E-state index in [0.29, 0.717) is 16.6 Å². The van der Waals surface area contributed by atoms with Crippen molar-refractivity contribution in [3.8, 4) is 0 Å². The van der Waals surface area contributed by atoms with E-state index in [-0.39, 0.29) is 24.8 Å². The molecule has 0 unspecified atom stereocenters. The Morgan fingerprint density at radius 2 is 1.78 bits per heavy atom. The Bertz CT molecular complexity index is 806. The summed E-state index contributed by atoms with van der Waals surface area (Å²) in [5.41, 5.74) is 2.78. The van der Waals surface area contributed by atoms with Gasteiger partial charge < -0.3 is 10.2 Å². The second kappa shape index (κ2) is 9.77. The monoisotopic (exact) mass is 406 g/mol. The molecule has 0 fully saturated rings. The predicted molar refractivity (Wildman–Crippen MR) is 110 cm³/mol. The van der Waals surface area contributed by atoms with Crippen molar-refractivity contribution in [2.75, 3.05) is 6.54 Å². The second-order valence-electron chi connectivity index (χ2n) is 6.49. The van der Waals surface area contributed by atoms with Gasteiger partial charge in [0.2, 0.25) is 11.8 Å². The minimum Gasteiger partial charge on any atom is -0.355 e. The zero-order valence-corrected chi connectivity index (χ0v) is 17.3. The van der Waals surface area contributed by atoms with E-state index in [1.807, 2.05) is 38.1 Å². The van der Waals surface area contributed by atoms with Crippen LogP contribution in [0.1, 0.15) is 30.5 Å². The molecule has 0 heterocycles. The van der Waals surface area contributed by atoms with Gasteiger partial charge in [-0.05, 0) is 44.0 Å². The normalized spacial score (nSPS) is 11.7. The third-order valence-corrected chi connectivity index (χ3v) is 4.94. The Kier molecular flexibility index (Phi) is 7.69. The summed E-state index contributed by atoms with van der Waals surface area (Å²) in [5, 5.41) is 3.77. The maximum absolute atomic E-state index is 13.0. The van der Waals surface area contributed by atoms with Crippen molar-refractivity contribution in [3.05, 3.63) is 69.2 Å². The van der Waals surface area contributed by atoms with E-state index in [4.69, 9.17) is 23.2 Å². The lowest BCUT2D eigenvalue weighted by Gasteiger charge is -2.29. The molecule has 0 spiro atoms. The molecule has 0 bridgehead atoms. The highest BCUT2D eigenvalue weighted by Crippen LogP contribution is 2.23. The Hall–Kier alpha value is -2.04. The molecule has 0 saturated carbocycles. The summed E-state index contributed by atoms with van der Waals surface area (Å²) in [4.78, 5) is 26.9. The number of rotatable bonds is 7. The molecule has 0 saturated heterocycles. The van der Waals surface area contributed by atoms with Crippen molar-refractivity contribution in [1.29, 1.82) is 0 Å². The van der Waals surface area contributed by atoms with Gasteiger partial charge in [0.15, 0.2) is 0 Å². The van der Waals surface area contributed by atoms with E-state index >= 15 is 0 Å². The number of aryl methyl sites for hydroxylation is 1. The smallest absolute Gasteiger partial charge is 0.242 e. The molecule has 2 aromatic rings. The van der Waals surface area contributed by atoms with Gasteiger partial charge in [-0.1, -0.05) is 59.1 Å². The van der Waals surface area contributed by atoms with Gasteiger partial charge in [0.1, 0.15) is 6.04 Å². The Morgan fingerprint density at radius 3 is 2.37 bits per heavy atom. The van der Waals surface area contributed by atoms with Crippen LogP contribution in [0.4, 0.5) is 0 Å². The number of nitrogens with zero attached hydrogens (tertiary/aromatic N) is 1. The number of hydrogen-bond donors (Lipinski definition) is 1. The lowest BCUT2D eigenvalue weighted by molar-refractivity contribution is -0.140. The molecule has 0 aliphatic heterocycles. The molecule has 6 heteroatoms. The quantitative estimate of drug-likeness (QED) is 0.740. The topological polar surface area (TPSA) is 49.4 Å². The van der Waals surface area contributed by atoms with Gasteiger partial charge in [-0.15, -0.1) is 0 Å². The minimum absolute atomic E-state index is 0.136. The van der Waals surface area contributed by atoms with Gasteiger partial charge in [0, 0.05) is 23.1 Å². The number of carbonyl (C=O) groups excluding carboxylic acids is 2. The first-order valence-electron chi connectivity index (χ1n) is 8.88. The van der Waals surface area contributed by atoms with Crippen molar-refractivity contribution in [3.63, 3.8) is 0 Å². The zero-order valence-electron chi connectivity index (χ0n) is 15.8. The van der Waals surface area contributed by atoms with E-state index in [0.717, 1.165) is 16.7 Å². The SMILES string of the molecule is CCNC(=O)[C@H](C)N(Cc1ccc(Cl)cc1Cl)C(=O)Cc1ccc(C)cc1.